The highest BCUT2D eigenvalue weighted by molar-refractivity contribution is 7.99. The average Bonchev–Trinajstić information content (AvgIpc) is 2.21. The van der Waals surface area contributed by atoms with Crippen molar-refractivity contribution >= 4 is 11.8 Å². The van der Waals surface area contributed by atoms with Crippen LogP contribution in [0.5, 0.6) is 0 Å². The third-order valence-electron chi connectivity index (χ3n) is 1.88. The van der Waals surface area contributed by atoms with E-state index in [0.717, 1.165) is 18.9 Å². The molecule has 0 saturated carbocycles. The molecule has 0 fully saturated rings. The molecule has 0 radical (unpaired) electrons. The van der Waals surface area contributed by atoms with E-state index in [9.17, 15) is 0 Å². The Kier molecular flexibility index (Phi) is 5.68. The molecule has 0 unspecified atom stereocenters. The number of hydrogen-bond donors (Lipinski definition) is 1. The minimum Gasteiger partial charge on any atom is -0.384 e. The Morgan fingerprint density at radius 1 is 1.36 bits per heavy atom. The molecule has 1 rings (SSSR count). The van der Waals surface area contributed by atoms with Gasteiger partial charge in [0.05, 0.1) is 6.61 Å². The van der Waals surface area contributed by atoms with Crippen LogP contribution in [0.2, 0.25) is 0 Å². The molecule has 0 bridgehead atoms. The fourth-order valence-corrected chi connectivity index (χ4v) is 2.19. The fraction of sp³-hybridized carbons (Fsp3) is 0.455. The van der Waals surface area contributed by atoms with Gasteiger partial charge in [-0.25, -0.2) is 0 Å². The van der Waals surface area contributed by atoms with Crippen molar-refractivity contribution < 1.29 is 4.74 Å². The molecular formula is C11H17NOS. The molecule has 0 spiro atoms. The van der Waals surface area contributed by atoms with Crippen molar-refractivity contribution in [2.24, 2.45) is 0 Å². The molecule has 0 aliphatic carbocycles. The number of hydrogen-bond acceptors (Lipinski definition) is 3. The summed E-state index contributed by atoms with van der Waals surface area (Å²) >= 11 is 1.85. The van der Waals surface area contributed by atoms with Crippen LogP contribution < -0.4 is 5.32 Å². The van der Waals surface area contributed by atoms with Crippen LogP contribution in [0.25, 0.3) is 0 Å². The van der Waals surface area contributed by atoms with Gasteiger partial charge in [-0.1, -0.05) is 18.2 Å². The van der Waals surface area contributed by atoms with E-state index in [2.05, 4.69) is 29.6 Å². The van der Waals surface area contributed by atoms with Gasteiger partial charge in [0.25, 0.3) is 0 Å². The standard InChI is InChI=1S/C11H17NOS/c1-12-9-10-5-3-4-6-11(10)14-8-7-13-2/h3-6,12H,7-9H2,1-2H3. The van der Waals surface area contributed by atoms with Gasteiger partial charge in [-0.05, 0) is 18.7 Å². The molecule has 78 valence electrons. The number of rotatable bonds is 6. The molecular weight excluding hydrogens is 194 g/mol. The van der Waals surface area contributed by atoms with Crippen LogP contribution in [0.1, 0.15) is 5.56 Å². The number of thioether (sulfide) groups is 1. The van der Waals surface area contributed by atoms with Gasteiger partial charge in [-0.2, -0.15) is 0 Å². The van der Waals surface area contributed by atoms with Gasteiger partial charge in [0.1, 0.15) is 0 Å². The van der Waals surface area contributed by atoms with Crippen LogP contribution in [0, 0.1) is 0 Å². The molecule has 14 heavy (non-hydrogen) atoms. The van der Waals surface area contributed by atoms with Crippen LogP contribution in [0.4, 0.5) is 0 Å². The van der Waals surface area contributed by atoms with Gasteiger partial charge >= 0.3 is 0 Å². The molecule has 0 saturated heterocycles. The van der Waals surface area contributed by atoms with Crippen LogP contribution in [0.3, 0.4) is 0 Å². The van der Waals surface area contributed by atoms with Crippen molar-refractivity contribution in [3.05, 3.63) is 29.8 Å². The first kappa shape index (κ1) is 11.6. The summed E-state index contributed by atoms with van der Waals surface area (Å²) in [5.74, 6) is 1.01. The van der Waals surface area contributed by atoms with Crippen LogP contribution in [0.15, 0.2) is 29.2 Å². The van der Waals surface area contributed by atoms with Crippen molar-refractivity contribution in [2.75, 3.05) is 26.5 Å². The molecule has 0 aliphatic heterocycles. The van der Waals surface area contributed by atoms with E-state index in [1.165, 1.54) is 10.5 Å². The molecule has 2 nitrogen and oxygen atoms in total. The summed E-state index contributed by atoms with van der Waals surface area (Å²) in [6, 6.07) is 8.47. The lowest BCUT2D eigenvalue weighted by molar-refractivity contribution is 0.218. The highest BCUT2D eigenvalue weighted by Gasteiger charge is 2.00. The van der Waals surface area contributed by atoms with Gasteiger partial charge in [0.2, 0.25) is 0 Å². The fourth-order valence-electron chi connectivity index (χ4n) is 1.22. The lowest BCUT2D eigenvalue weighted by Gasteiger charge is -2.07. The van der Waals surface area contributed by atoms with E-state index in [0.29, 0.717) is 0 Å². The zero-order valence-electron chi connectivity index (χ0n) is 8.75. The van der Waals surface area contributed by atoms with E-state index in [1.54, 1.807) is 7.11 Å². The number of nitrogens with one attached hydrogen (secondary N) is 1. The maximum Gasteiger partial charge on any atom is 0.0556 e. The summed E-state index contributed by atoms with van der Waals surface area (Å²) in [5.41, 5.74) is 1.36. The molecule has 0 amide bonds. The molecule has 3 heteroatoms. The quantitative estimate of drug-likeness (QED) is 0.575. The third-order valence-corrected chi connectivity index (χ3v) is 2.96. The Morgan fingerprint density at radius 3 is 2.86 bits per heavy atom. The third kappa shape index (κ3) is 3.70. The van der Waals surface area contributed by atoms with Crippen LogP contribution >= 0.6 is 11.8 Å². The molecule has 0 heterocycles. The first-order chi connectivity index (χ1) is 6.88. The van der Waals surface area contributed by atoms with E-state index in [1.807, 2.05) is 18.8 Å². The van der Waals surface area contributed by atoms with Crippen molar-refractivity contribution in [3.8, 4) is 0 Å². The van der Waals surface area contributed by atoms with Gasteiger partial charge in [-0.3, -0.25) is 0 Å². The van der Waals surface area contributed by atoms with Crippen molar-refractivity contribution in [1.29, 1.82) is 0 Å². The van der Waals surface area contributed by atoms with Crippen molar-refractivity contribution in [3.63, 3.8) is 0 Å². The van der Waals surface area contributed by atoms with E-state index in [-0.39, 0.29) is 0 Å². The molecule has 0 atom stereocenters. The molecule has 1 aromatic rings. The van der Waals surface area contributed by atoms with E-state index in [4.69, 9.17) is 4.74 Å². The second-order valence-electron chi connectivity index (χ2n) is 2.98. The lowest BCUT2D eigenvalue weighted by Crippen LogP contribution is -2.06. The summed E-state index contributed by atoms with van der Waals surface area (Å²) in [5, 5.41) is 3.17. The Morgan fingerprint density at radius 2 is 2.14 bits per heavy atom. The Labute approximate surface area is 90.0 Å². The lowest BCUT2D eigenvalue weighted by atomic mass is 10.2. The summed E-state index contributed by atoms with van der Waals surface area (Å²) < 4.78 is 5.03. The summed E-state index contributed by atoms with van der Waals surface area (Å²) in [4.78, 5) is 1.35. The van der Waals surface area contributed by atoms with Crippen LogP contribution in [-0.2, 0) is 11.3 Å². The van der Waals surface area contributed by atoms with Gasteiger partial charge in [0, 0.05) is 24.3 Å². The predicted molar refractivity (Wildman–Crippen MR) is 61.8 cm³/mol. The van der Waals surface area contributed by atoms with Crippen LogP contribution in [-0.4, -0.2) is 26.5 Å². The molecule has 0 aliphatic rings. The normalized spacial score (nSPS) is 10.4. The summed E-state index contributed by atoms with van der Waals surface area (Å²) in [6.45, 7) is 1.73. The molecule has 1 aromatic carbocycles. The second-order valence-corrected chi connectivity index (χ2v) is 4.12. The van der Waals surface area contributed by atoms with Gasteiger partial charge in [0.15, 0.2) is 0 Å². The van der Waals surface area contributed by atoms with Crippen molar-refractivity contribution in [2.45, 2.75) is 11.4 Å². The monoisotopic (exact) mass is 211 g/mol. The Hall–Kier alpha value is -0.510. The number of benzene rings is 1. The molecule has 1 N–H and O–H groups in total. The molecule has 0 aromatic heterocycles. The van der Waals surface area contributed by atoms with E-state index >= 15 is 0 Å². The second kappa shape index (κ2) is 6.87. The van der Waals surface area contributed by atoms with Gasteiger partial charge < -0.3 is 10.1 Å². The first-order valence-electron chi connectivity index (χ1n) is 4.72. The highest BCUT2D eigenvalue weighted by Crippen LogP contribution is 2.22. The zero-order chi connectivity index (χ0) is 10.2. The SMILES string of the molecule is CNCc1ccccc1SCCOC. The average molecular weight is 211 g/mol. The number of ether oxygens (including phenoxy) is 1. The maximum atomic E-state index is 5.03. The summed E-state index contributed by atoms with van der Waals surface area (Å²) in [7, 11) is 3.71. The summed E-state index contributed by atoms with van der Waals surface area (Å²) in [6.07, 6.45) is 0. The maximum absolute atomic E-state index is 5.03. The minimum atomic E-state index is 0.804. The van der Waals surface area contributed by atoms with E-state index < -0.39 is 0 Å². The smallest absolute Gasteiger partial charge is 0.0556 e. The topological polar surface area (TPSA) is 21.3 Å². The van der Waals surface area contributed by atoms with Crippen molar-refractivity contribution in [1.82, 2.24) is 5.32 Å². The Balaban J connectivity index is 2.55. The first-order valence-corrected chi connectivity index (χ1v) is 5.71. The Bertz CT molecular complexity index is 265. The number of methoxy groups -OCH3 is 1. The predicted octanol–water partition coefficient (Wildman–Crippen LogP) is 2.14. The minimum absolute atomic E-state index is 0.804. The zero-order valence-corrected chi connectivity index (χ0v) is 9.56. The largest absolute Gasteiger partial charge is 0.384 e. The van der Waals surface area contributed by atoms with Gasteiger partial charge in [-0.15, -0.1) is 11.8 Å². The highest BCUT2D eigenvalue weighted by atomic mass is 32.2.